The zero-order chi connectivity index (χ0) is 18.7. The van der Waals surface area contributed by atoms with E-state index in [0.29, 0.717) is 0 Å². The SMILES string of the molecule is CCCCN1C=CN(c2cccc3c2c2cccc4c5ccccc5n3c42)C1. The van der Waals surface area contributed by atoms with Gasteiger partial charge in [0, 0.05) is 40.5 Å². The Bertz CT molecular complexity index is 1340. The third-order valence-corrected chi connectivity index (χ3v) is 6.13. The standard InChI is InChI=1S/C25H23N3/c1-2-3-14-26-15-16-27(17-26)22-12-7-13-23-24(22)20-10-6-9-19-18-8-4-5-11-21(18)28(23)25(19)20/h4-13,15-16H,2-3,14,17H2,1H3. The first-order valence-electron chi connectivity index (χ1n) is 10.2. The molecule has 0 unspecified atom stereocenters. The first-order chi connectivity index (χ1) is 13.9. The van der Waals surface area contributed by atoms with Crippen molar-refractivity contribution >= 4 is 43.8 Å². The maximum Gasteiger partial charge on any atom is 0.0942 e. The lowest BCUT2D eigenvalue weighted by atomic mass is 10.1. The van der Waals surface area contributed by atoms with Gasteiger partial charge in [0.15, 0.2) is 0 Å². The highest BCUT2D eigenvalue weighted by Crippen LogP contribution is 2.42. The van der Waals surface area contributed by atoms with Crippen molar-refractivity contribution in [2.24, 2.45) is 0 Å². The summed E-state index contributed by atoms with van der Waals surface area (Å²) in [5.41, 5.74) is 5.23. The summed E-state index contributed by atoms with van der Waals surface area (Å²) < 4.78 is 2.45. The second kappa shape index (κ2) is 5.90. The Morgan fingerprint density at radius 2 is 1.57 bits per heavy atom. The molecular formula is C25H23N3. The Morgan fingerprint density at radius 3 is 2.50 bits per heavy atom. The number of rotatable bonds is 4. The monoisotopic (exact) mass is 365 g/mol. The maximum absolute atomic E-state index is 2.45. The van der Waals surface area contributed by atoms with E-state index < -0.39 is 0 Å². The van der Waals surface area contributed by atoms with E-state index in [2.05, 4.69) is 94.2 Å². The van der Waals surface area contributed by atoms with Crippen molar-refractivity contribution in [3.05, 3.63) is 73.1 Å². The Kier molecular flexibility index (Phi) is 3.33. The second-order valence-corrected chi connectivity index (χ2v) is 7.80. The lowest BCUT2D eigenvalue weighted by Crippen LogP contribution is -2.25. The van der Waals surface area contributed by atoms with Crippen molar-refractivity contribution in [1.29, 1.82) is 0 Å². The van der Waals surface area contributed by atoms with Crippen molar-refractivity contribution in [2.75, 3.05) is 18.1 Å². The average molecular weight is 365 g/mol. The Hall–Kier alpha value is -3.20. The van der Waals surface area contributed by atoms with Gasteiger partial charge in [0.2, 0.25) is 0 Å². The van der Waals surface area contributed by atoms with Crippen LogP contribution in [0.5, 0.6) is 0 Å². The van der Waals surface area contributed by atoms with Crippen LogP contribution >= 0.6 is 0 Å². The number of unbranched alkanes of at least 4 members (excludes halogenated alkanes) is 1. The van der Waals surface area contributed by atoms with Crippen LogP contribution in [0.25, 0.3) is 38.1 Å². The average Bonchev–Trinajstić information content (AvgIpc) is 3.43. The highest BCUT2D eigenvalue weighted by atomic mass is 15.3. The molecule has 138 valence electrons. The number of anilines is 1. The normalized spacial score (nSPS) is 14.6. The molecule has 0 saturated carbocycles. The largest absolute Gasteiger partial charge is 0.358 e. The predicted molar refractivity (Wildman–Crippen MR) is 119 cm³/mol. The van der Waals surface area contributed by atoms with Gasteiger partial charge in [0.1, 0.15) is 0 Å². The molecule has 0 radical (unpaired) electrons. The molecule has 6 rings (SSSR count). The third-order valence-electron chi connectivity index (χ3n) is 6.13. The molecule has 2 aromatic heterocycles. The fraction of sp³-hybridized carbons (Fsp3) is 0.200. The maximum atomic E-state index is 2.45. The molecule has 28 heavy (non-hydrogen) atoms. The van der Waals surface area contributed by atoms with Gasteiger partial charge >= 0.3 is 0 Å². The molecule has 1 aliphatic heterocycles. The van der Waals surface area contributed by atoms with Crippen LogP contribution in [0.15, 0.2) is 73.1 Å². The van der Waals surface area contributed by atoms with E-state index in [-0.39, 0.29) is 0 Å². The third kappa shape index (κ3) is 2.04. The number of nitrogens with zero attached hydrogens (tertiary/aromatic N) is 3. The van der Waals surface area contributed by atoms with Crippen LogP contribution in [-0.2, 0) is 0 Å². The van der Waals surface area contributed by atoms with Crippen molar-refractivity contribution in [2.45, 2.75) is 19.8 Å². The molecule has 0 N–H and O–H groups in total. The molecule has 0 fully saturated rings. The number of aromatic nitrogens is 1. The molecule has 1 aliphatic rings. The van der Waals surface area contributed by atoms with E-state index in [1.54, 1.807) is 0 Å². The second-order valence-electron chi connectivity index (χ2n) is 7.80. The molecule has 3 heteroatoms. The van der Waals surface area contributed by atoms with Gasteiger partial charge in [-0.1, -0.05) is 55.8 Å². The van der Waals surface area contributed by atoms with E-state index in [0.717, 1.165) is 13.2 Å². The Morgan fingerprint density at radius 1 is 0.786 bits per heavy atom. The molecule has 0 aliphatic carbocycles. The van der Waals surface area contributed by atoms with E-state index >= 15 is 0 Å². The molecule has 5 aromatic rings. The van der Waals surface area contributed by atoms with Gasteiger partial charge in [-0.3, -0.25) is 0 Å². The molecule has 3 heterocycles. The number of hydrogen-bond acceptors (Lipinski definition) is 2. The van der Waals surface area contributed by atoms with Crippen LogP contribution in [0.4, 0.5) is 5.69 Å². The van der Waals surface area contributed by atoms with Gasteiger partial charge in [-0.05, 0) is 24.6 Å². The summed E-state index contributed by atoms with van der Waals surface area (Å²) >= 11 is 0. The number of para-hydroxylation sites is 2. The van der Waals surface area contributed by atoms with Crippen molar-refractivity contribution < 1.29 is 0 Å². The molecule has 3 aromatic carbocycles. The smallest absolute Gasteiger partial charge is 0.0942 e. The van der Waals surface area contributed by atoms with Crippen molar-refractivity contribution in [3.63, 3.8) is 0 Å². The summed E-state index contributed by atoms with van der Waals surface area (Å²) in [6.07, 6.45) is 6.94. The lowest BCUT2D eigenvalue weighted by molar-refractivity contribution is 0.396. The van der Waals surface area contributed by atoms with Gasteiger partial charge < -0.3 is 14.2 Å². The van der Waals surface area contributed by atoms with Crippen LogP contribution in [0.3, 0.4) is 0 Å². The lowest BCUT2D eigenvalue weighted by Gasteiger charge is -2.22. The van der Waals surface area contributed by atoms with Crippen molar-refractivity contribution in [3.8, 4) is 0 Å². The van der Waals surface area contributed by atoms with Crippen molar-refractivity contribution in [1.82, 2.24) is 9.30 Å². The molecule has 0 bridgehead atoms. The molecule has 0 spiro atoms. The quantitative estimate of drug-likeness (QED) is 0.376. The molecule has 0 amide bonds. The van der Waals surface area contributed by atoms with Crippen LogP contribution in [0.2, 0.25) is 0 Å². The van der Waals surface area contributed by atoms with Crippen LogP contribution in [0, 0.1) is 0 Å². The van der Waals surface area contributed by atoms with E-state index in [4.69, 9.17) is 0 Å². The summed E-state index contributed by atoms with van der Waals surface area (Å²) in [6, 6.07) is 22.2. The van der Waals surface area contributed by atoms with E-state index in [1.165, 1.54) is 56.6 Å². The number of benzene rings is 3. The van der Waals surface area contributed by atoms with Crippen LogP contribution in [-0.4, -0.2) is 22.5 Å². The molecule has 0 atom stereocenters. The fourth-order valence-electron chi connectivity index (χ4n) is 4.83. The minimum atomic E-state index is 0.933. The topological polar surface area (TPSA) is 10.9 Å². The van der Waals surface area contributed by atoms with Gasteiger partial charge in [0.25, 0.3) is 0 Å². The summed E-state index contributed by atoms with van der Waals surface area (Å²) in [7, 11) is 0. The van der Waals surface area contributed by atoms with E-state index in [9.17, 15) is 0 Å². The fourth-order valence-corrected chi connectivity index (χ4v) is 4.83. The zero-order valence-corrected chi connectivity index (χ0v) is 16.1. The van der Waals surface area contributed by atoms with Gasteiger partial charge in [-0.15, -0.1) is 0 Å². The summed E-state index contributed by atoms with van der Waals surface area (Å²) in [6.45, 7) is 4.31. The van der Waals surface area contributed by atoms with Gasteiger partial charge in [-0.25, -0.2) is 0 Å². The van der Waals surface area contributed by atoms with Gasteiger partial charge in [0.05, 0.1) is 28.9 Å². The predicted octanol–water partition coefficient (Wildman–Crippen LogP) is 6.19. The van der Waals surface area contributed by atoms with Crippen LogP contribution in [0.1, 0.15) is 19.8 Å². The summed E-state index contributed by atoms with van der Waals surface area (Å²) in [4.78, 5) is 4.80. The number of hydrogen-bond donors (Lipinski definition) is 0. The molecule has 3 nitrogen and oxygen atoms in total. The number of fused-ring (bicyclic) bond motifs is 6. The van der Waals surface area contributed by atoms with E-state index in [1.807, 2.05) is 0 Å². The Labute approximate surface area is 164 Å². The van der Waals surface area contributed by atoms with Crippen LogP contribution < -0.4 is 4.90 Å². The summed E-state index contributed by atoms with van der Waals surface area (Å²) in [5.74, 6) is 0. The molecule has 0 saturated heterocycles. The minimum Gasteiger partial charge on any atom is -0.358 e. The first-order valence-corrected chi connectivity index (χ1v) is 10.2. The zero-order valence-electron chi connectivity index (χ0n) is 16.1. The molecular weight excluding hydrogens is 342 g/mol. The highest BCUT2D eigenvalue weighted by molar-refractivity contribution is 6.25. The summed E-state index contributed by atoms with van der Waals surface area (Å²) in [5, 5.41) is 5.38. The van der Waals surface area contributed by atoms with Gasteiger partial charge in [-0.2, -0.15) is 0 Å². The first kappa shape index (κ1) is 15.8. The minimum absolute atomic E-state index is 0.933. The highest BCUT2D eigenvalue weighted by Gasteiger charge is 2.22. The Balaban J connectivity index is 1.61.